The van der Waals surface area contributed by atoms with Crippen LogP contribution in [-0.4, -0.2) is 20.1 Å². The summed E-state index contributed by atoms with van der Waals surface area (Å²) in [7, 11) is 3.20. The Morgan fingerprint density at radius 1 is 0.706 bits per heavy atom. The van der Waals surface area contributed by atoms with Gasteiger partial charge in [0.25, 0.3) is 5.91 Å². The van der Waals surface area contributed by atoms with Gasteiger partial charge in [0.2, 0.25) is 0 Å². The zero-order valence-electron chi connectivity index (χ0n) is 19.0. The van der Waals surface area contributed by atoms with Crippen molar-refractivity contribution in [3.63, 3.8) is 0 Å². The van der Waals surface area contributed by atoms with Crippen LogP contribution in [0.5, 0.6) is 28.7 Å². The summed E-state index contributed by atoms with van der Waals surface area (Å²) >= 11 is 0. The van der Waals surface area contributed by atoms with Crippen molar-refractivity contribution in [2.45, 2.75) is 6.61 Å². The molecule has 0 spiro atoms. The van der Waals surface area contributed by atoms with Gasteiger partial charge in [-0.15, -0.1) is 0 Å². The van der Waals surface area contributed by atoms with Crippen LogP contribution in [0.15, 0.2) is 97.1 Å². The summed E-state index contributed by atoms with van der Waals surface area (Å²) in [5, 5.41) is 2.91. The number of amides is 1. The van der Waals surface area contributed by atoms with Crippen LogP contribution in [0.1, 0.15) is 15.9 Å². The topological polar surface area (TPSA) is 66.0 Å². The molecule has 0 saturated carbocycles. The van der Waals surface area contributed by atoms with Crippen LogP contribution in [-0.2, 0) is 6.61 Å². The smallest absolute Gasteiger partial charge is 0.255 e. The lowest BCUT2D eigenvalue weighted by atomic mass is 10.1. The van der Waals surface area contributed by atoms with Gasteiger partial charge < -0.3 is 24.3 Å². The van der Waals surface area contributed by atoms with E-state index in [0.29, 0.717) is 28.5 Å². The van der Waals surface area contributed by atoms with E-state index < -0.39 is 0 Å². The maximum Gasteiger partial charge on any atom is 0.255 e. The molecular formula is C28H25NO5. The van der Waals surface area contributed by atoms with Crippen LogP contribution >= 0.6 is 0 Å². The van der Waals surface area contributed by atoms with Gasteiger partial charge in [0.15, 0.2) is 0 Å². The minimum absolute atomic E-state index is 0.231. The maximum atomic E-state index is 12.8. The van der Waals surface area contributed by atoms with Crippen molar-refractivity contribution in [1.82, 2.24) is 0 Å². The van der Waals surface area contributed by atoms with Crippen molar-refractivity contribution < 1.29 is 23.7 Å². The molecule has 0 aliphatic heterocycles. The van der Waals surface area contributed by atoms with Crippen LogP contribution < -0.4 is 24.3 Å². The molecule has 6 heteroatoms. The molecule has 0 bridgehead atoms. The molecule has 0 fully saturated rings. The van der Waals surface area contributed by atoms with E-state index in [0.717, 1.165) is 17.1 Å². The number of hydrogen-bond donors (Lipinski definition) is 1. The van der Waals surface area contributed by atoms with E-state index in [9.17, 15) is 4.79 Å². The summed E-state index contributed by atoms with van der Waals surface area (Å²) < 4.78 is 22.3. The second-order valence-electron chi connectivity index (χ2n) is 7.38. The number of carbonyl (C=O) groups is 1. The minimum Gasteiger partial charge on any atom is -0.497 e. The van der Waals surface area contributed by atoms with Crippen molar-refractivity contribution in [3.8, 4) is 28.7 Å². The second kappa shape index (κ2) is 10.9. The van der Waals surface area contributed by atoms with Crippen molar-refractivity contribution in [3.05, 3.63) is 108 Å². The molecule has 0 aromatic heterocycles. The van der Waals surface area contributed by atoms with E-state index in [1.165, 1.54) is 0 Å². The van der Waals surface area contributed by atoms with Crippen molar-refractivity contribution in [1.29, 1.82) is 0 Å². The van der Waals surface area contributed by atoms with E-state index in [1.807, 2.05) is 66.7 Å². The number of methoxy groups -OCH3 is 2. The predicted molar refractivity (Wildman–Crippen MR) is 131 cm³/mol. The first-order chi connectivity index (χ1) is 16.6. The van der Waals surface area contributed by atoms with Gasteiger partial charge in [0, 0.05) is 16.8 Å². The van der Waals surface area contributed by atoms with E-state index in [-0.39, 0.29) is 12.5 Å². The Hall–Kier alpha value is -4.45. The molecule has 0 saturated heterocycles. The molecule has 1 N–H and O–H groups in total. The monoisotopic (exact) mass is 455 g/mol. The van der Waals surface area contributed by atoms with Gasteiger partial charge in [-0.05, 0) is 78.9 Å². The van der Waals surface area contributed by atoms with Gasteiger partial charge in [-0.2, -0.15) is 0 Å². The summed E-state index contributed by atoms with van der Waals surface area (Å²) in [6.45, 7) is 0.252. The molecule has 0 aliphatic carbocycles. The van der Waals surface area contributed by atoms with E-state index in [2.05, 4.69) is 5.32 Å². The van der Waals surface area contributed by atoms with Gasteiger partial charge in [-0.1, -0.05) is 18.2 Å². The molecular weight excluding hydrogens is 430 g/mol. The Bertz CT molecular complexity index is 1220. The van der Waals surface area contributed by atoms with Gasteiger partial charge in [-0.3, -0.25) is 4.79 Å². The highest BCUT2D eigenvalue weighted by Crippen LogP contribution is 2.25. The second-order valence-corrected chi connectivity index (χ2v) is 7.38. The van der Waals surface area contributed by atoms with Gasteiger partial charge in [-0.25, -0.2) is 0 Å². The average Bonchev–Trinajstić information content (AvgIpc) is 2.89. The average molecular weight is 456 g/mol. The van der Waals surface area contributed by atoms with E-state index in [1.54, 1.807) is 44.6 Å². The molecule has 34 heavy (non-hydrogen) atoms. The Balaban J connectivity index is 1.41. The molecule has 6 nitrogen and oxygen atoms in total. The lowest BCUT2D eigenvalue weighted by molar-refractivity contribution is 0.102. The number of nitrogens with one attached hydrogen (secondary N) is 1. The highest BCUT2D eigenvalue weighted by molar-refractivity contribution is 6.04. The lowest BCUT2D eigenvalue weighted by Gasteiger charge is -2.13. The van der Waals surface area contributed by atoms with E-state index in [4.69, 9.17) is 18.9 Å². The molecule has 0 heterocycles. The largest absolute Gasteiger partial charge is 0.497 e. The number of ether oxygens (including phenoxy) is 4. The van der Waals surface area contributed by atoms with Crippen LogP contribution in [0, 0.1) is 0 Å². The third kappa shape index (κ3) is 5.86. The fraction of sp³-hybridized carbons (Fsp3) is 0.107. The molecule has 4 aromatic rings. The first-order valence-corrected chi connectivity index (χ1v) is 10.7. The lowest BCUT2D eigenvalue weighted by Crippen LogP contribution is -2.12. The van der Waals surface area contributed by atoms with Crippen molar-refractivity contribution in [2.24, 2.45) is 0 Å². The van der Waals surface area contributed by atoms with Crippen LogP contribution in [0.2, 0.25) is 0 Å². The third-order valence-electron chi connectivity index (χ3n) is 5.09. The van der Waals surface area contributed by atoms with Gasteiger partial charge in [0.05, 0.1) is 14.2 Å². The van der Waals surface area contributed by atoms with Crippen LogP contribution in [0.3, 0.4) is 0 Å². The Morgan fingerprint density at radius 3 is 2.03 bits per heavy atom. The highest BCUT2D eigenvalue weighted by Gasteiger charge is 2.12. The number of carbonyl (C=O) groups excluding carboxylic acids is 1. The van der Waals surface area contributed by atoms with E-state index >= 15 is 0 Å². The summed E-state index contributed by atoms with van der Waals surface area (Å²) in [5.74, 6) is 3.30. The minimum atomic E-state index is -0.231. The quantitative estimate of drug-likeness (QED) is 0.320. The molecule has 0 atom stereocenters. The third-order valence-corrected chi connectivity index (χ3v) is 5.09. The van der Waals surface area contributed by atoms with Crippen molar-refractivity contribution in [2.75, 3.05) is 19.5 Å². The molecule has 4 rings (SSSR count). The highest BCUT2D eigenvalue weighted by atomic mass is 16.5. The predicted octanol–water partition coefficient (Wildman–Crippen LogP) is 6.33. The summed E-state index contributed by atoms with van der Waals surface area (Å²) in [6.07, 6.45) is 0. The molecule has 0 unspecified atom stereocenters. The molecule has 172 valence electrons. The zero-order valence-corrected chi connectivity index (χ0v) is 19.0. The summed E-state index contributed by atoms with van der Waals surface area (Å²) in [4.78, 5) is 12.8. The fourth-order valence-electron chi connectivity index (χ4n) is 3.30. The number of para-hydroxylation sites is 1. The van der Waals surface area contributed by atoms with Crippen molar-refractivity contribution >= 4 is 11.6 Å². The summed E-state index contributed by atoms with van der Waals surface area (Å²) in [6, 6.07) is 29.3. The molecule has 4 aromatic carbocycles. The molecule has 0 aliphatic rings. The number of benzene rings is 4. The van der Waals surface area contributed by atoms with Gasteiger partial charge >= 0.3 is 0 Å². The standard InChI is InChI=1S/C28H25NO5/c1-31-23-13-15-24(16-14-23)33-19-21-18-20(8-17-27(21)32-2)28(30)29-22-9-11-26(12-10-22)34-25-6-4-3-5-7-25/h3-18H,19H2,1-2H3,(H,29,30). The van der Waals surface area contributed by atoms with Gasteiger partial charge in [0.1, 0.15) is 35.4 Å². The number of rotatable bonds is 9. The zero-order chi connectivity index (χ0) is 23.8. The Labute approximate surface area is 198 Å². The molecule has 0 radical (unpaired) electrons. The maximum absolute atomic E-state index is 12.8. The Morgan fingerprint density at radius 2 is 1.35 bits per heavy atom. The van der Waals surface area contributed by atoms with Crippen LogP contribution in [0.25, 0.3) is 0 Å². The van der Waals surface area contributed by atoms with Crippen LogP contribution in [0.4, 0.5) is 5.69 Å². The fourth-order valence-corrected chi connectivity index (χ4v) is 3.30. The normalized spacial score (nSPS) is 10.3. The SMILES string of the molecule is COc1ccc(OCc2cc(C(=O)Nc3ccc(Oc4ccccc4)cc3)ccc2OC)cc1. The Kier molecular flexibility index (Phi) is 7.30. The number of hydrogen-bond acceptors (Lipinski definition) is 5. The first kappa shape index (κ1) is 22.7. The summed E-state index contributed by atoms with van der Waals surface area (Å²) in [5.41, 5.74) is 1.92. The number of anilines is 1. The molecule has 1 amide bonds. The first-order valence-electron chi connectivity index (χ1n) is 10.7.